The summed E-state index contributed by atoms with van der Waals surface area (Å²) in [6, 6.07) is 11.1. The Bertz CT molecular complexity index is 766. The molecule has 4 nitrogen and oxygen atoms in total. The van der Waals surface area contributed by atoms with Gasteiger partial charge in [-0.05, 0) is 41.3 Å². The van der Waals surface area contributed by atoms with Crippen LogP contribution in [0.2, 0.25) is 10.0 Å². The second kappa shape index (κ2) is 7.24. The van der Waals surface area contributed by atoms with Gasteiger partial charge in [0.25, 0.3) is 5.91 Å². The Morgan fingerprint density at radius 3 is 2.17 bits per heavy atom. The first kappa shape index (κ1) is 18.3. The zero-order valence-electron chi connectivity index (χ0n) is 13.6. The third kappa shape index (κ3) is 4.73. The maximum atomic E-state index is 12.1. The van der Waals surface area contributed by atoms with E-state index in [1.165, 1.54) is 6.07 Å². The number of amides is 3. The van der Waals surface area contributed by atoms with Crippen LogP contribution in [0.1, 0.15) is 36.7 Å². The second-order valence-electron chi connectivity index (χ2n) is 6.36. The van der Waals surface area contributed by atoms with Crippen LogP contribution in [0.15, 0.2) is 42.5 Å². The minimum absolute atomic E-state index is 0.00426. The molecule has 2 aromatic carbocycles. The molecule has 0 saturated heterocycles. The Labute approximate surface area is 151 Å². The van der Waals surface area contributed by atoms with Crippen LogP contribution in [-0.4, -0.2) is 11.9 Å². The van der Waals surface area contributed by atoms with Crippen molar-refractivity contribution >= 4 is 40.8 Å². The van der Waals surface area contributed by atoms with Crippen LogP contribution >= 0.6 is 23.2 Å². The molecule has 2 aromatic rings. The Morgan fingerprint density at radius 1 is 0.958 bits per heavy atom. The second-order valence-corrected chi connectivity index (χ2v) is 7.20. The van der Waals surface area contributed by atoms with E-state index in [2.05, 4.69) is 31.4 Å². The highest BCUT2D eigenvalue weighted by atomic mass is 35.5. The monoisotopic (exact) mass is 364 g/mol. The predicted octanol–water partition coefficient (Wildman–Crippen LogP) is 5.25. The average molecular weight is 365 g/mol. The predicted molar refractivity (Wildman–Crippen MR) is 98.1 cm³/mol. The highest BCUT2D eigenvalue weighted by molar-refractivity contribution is 6.35. The van der Waals surface area contributed by atoms with Crippen molar-refractivity contribution in [1.29, 1.82) is 0 Å². The van der Waals surface area contributed by atoms with Crippen molar-refractivity contribution in [2.75, 3.05) is 5.32 Å². The van der Waals surface area contributed by atoms with Crippen molar-refractivity contribution in [2.24, 2.45) is 0 Å². The molecule has 24 heavy (non-hydrogen) atoms. The summed E-state index contributed by atoms with van der Waals surface area (Å²) in [5, 5.41) is 5.52. The minimum Gasteiger partial charge on any atom is -0.306 e. The normalized spacial score (nSPS) is 11.0. The van der Waals surface area contributed by atoms with Crippen molar-refractivity contribution < 1.29 is 9.59 Å². The number of rotatable bonds is 2. The van der Waals surface area contributed by atoms with Crippen LogP contribution in [0.25, 0.3) is 0 Å². The number of urea groups is 1. The molecule has 6 heteroatoms. The molecular weight excluding hydrogens is 347 g/mol. The van der Waals surface area contributed by atoms with Gasteiger partial charge >= 0.3 is 6.03 Å². The molecule has 3 amide bonds. The molecule has 2 rings (SSSR count). The summed E-state index contributed by atoms with van der Waals surface area (Å²) in [4.78, 5) is 24.1. The molecule has 126 valence electrons. The van der Waals surface area contributed by atoms with Gasteiger partial charge in [0, 0.05) is 10.6 Å². The molecule has 0 saturated carbocycles. The maximum Gasteiger partial charge on any atom is 0.326 e. The van der Waals surface area contributed by atoms with Gasteiger partial charge in [0.15, 0.2) is 0 Å². The van der Waals surface area contributed by atoms with Gasteiger partial charge in [-0.25, -0.2) is 4.79 Å². The number of hydrogen-bond donors (Lipinski definition) is 2. The lowest BCUT2D eigenvalue weighted by molar-refractivity contribution is 0.0967. The molecule has 0 radical (unpaired) electrons. The van der Waals surface area contributed by atoms with Gasteiger partial charge < -0.3 is 5.32 Å². The summed E-state index contributed by atoms with van der Waals surface area (Å²) < 4.78 is 0. The van der Waals surface area contributed by atoms with Crippen LogP contribution in [0.4, 0.5) is 10.5 Å². The summed E-state index contributed by atoms with van der Waals surface area (Å²) >= 11 is 11.8. The lowest BCUT2D eigenvalue weighted by atomic mass is 9.87. The van der Waals surface area contributed by atoms with Gasteiger partial charge in [0.1, 0.15) is 0 Å². The summed E-state index contributed by atoms with van der Waals surface area (Å²) in [5.74, 6) is -0.494. The zero-order valence-corrected chi connectivity index (χ0v) is 15.1. The first-order chi connectivity index (χ1) is 11.2. The third-order valence-electron chi connectivity index (χ3n) is 3.42. The largest absolute Gasteiger partial charge is 0.326 e. The van der Waals surface area contributed by atoms with E-state index in [4.69, 9.17) is 23.2 Å². The van der Waals surface area contributed by atoms with Crippen LogP contribution in [0.3, 0.4) is 0 Å². The number of anilines is 1. The van der Waals surface area contributed by atoms with E-state index >= 15 is 0 Å². The van der Waals surface area contributed by atoms with E-state index in [-0.39, 0.29) is 5.41 Å². The number of carbonyl (C=O) groups is 2. The first-order valence-electron chi connectivity index (χ1n) is 7.35. The fourth-order valence-corrected chi connectivity index (χ4v) is 2.38. The molecule has 0 aliphatic heterocycles. The van der Waals surface area contributed by atoms with E-state index in [0.29, 0.717) is 21.3 Å². The zero-order chi connectivity index (χ0) is 17.9. The van der Waals surface area contributed by atoms with E-state index < -0.39 is 11.9 Å². The fraction of sp³-hybridized carbons (Fsp3) is 0.222. The SMILES string of the molecule is CC(C)(C)c1ccc(C(=O)NC(=O)Nc2cc(Cl)ccc2Cl)cc1. The third-order valence-corrected chi connectivity index (χ3v) is 3.98. The molecule has 0 fully saturated rings. The summed E-state index contributed by atoms with van der Waals surface area (Å²) in [6.45, 7) is 6.26. The van der Waals surface area contributed by atoms with Crippen LogP contribution in [0.5, 0.6) is 0 Å². The smallest absolute Gasteiger partial charge is 0.306 e. The highest BCUT2D eigenvalue weighted by Crippen LogP contribution is 2.25. The Morgan fingerprint density at radius 2 is 1.58 bits per heavy atom. The summed E-state index contributed by atoms with van der Waals surface area (Å²) in [5.41, 5.74) is 1.83. The quantitative estimate of drug-likeness (QED) is 0.763. The molecule has 2 N–H and O–H groups in total. The summed E-state index contributed by atoms with van der Waals surface area (Å²) in [7, 11) is 0. The van der Waals surface area contributed by atoms with Crippen molar-refractivity contribution in [2.45, 2.75) is 26.2 Å². The van der Waals surface area contributed by atoms with Crippen LogP contribution in [0, 0.1) is 0 Å². The highest BCUT2D eigenvalue weighted by Gasteiger charge is 2.15. The number of carbonyl (C=O) groups excluding carboxylic acids is 2. The van der Waals surface area contributed by atoms with Gasteiger partial charge in [-0.1, -0.05) is 56.1 Å². The van der Waals surface area contributed by atoms with Gasteiger partial charge in [-0.15, -0.1) is 0 Å². The Balaban J connectivity index is 2.04. The van der Waals surface area contributed by atoms with Gasteiger partial charge in [0.2, 0.25) is 0 Å². The number of nitrogens with one attached hydrogen (secondary N) is 2. The fourth-order valence-electron chi connectivity index (χ4n) is 2.04. The van der Waals surface area contributed by atoms with Crippen molar-refractivity contribution in [3.63, 3.8) is 0 Å². The van der Waals surface area contributed by atoms with E-state index in [1.54, 1.807) is 24.3 Å². The standard InChI is InChI=1S/C18H18Cl2N2O2/c1-18(2,3)12-6-4-11(5-7-12)16(23)22-17(24)21-15-10-13(19)8-9-14(15)20/h4-10H,1-3H3,(H2,21,22,23,24). The number of benzene rings is 2. The molecule has 0 unspecified atom stereocenters. The summed E-state index contributed by atoms with van der Waals surface area (Å²) in [6.07, 6.45) is 0. The molecular formula is C18H18Cl2N2O2. The van der Waals surface area contributed by atoms with E-state index in [9.17, 15) is 9.59 Å². The Hall–Kier alpha value is -2.04. The molecule has 0 aromatic heterocycles. The molecule has 0 heterocycles. The average Bonchev–Trinajstić information content (AvgIpc) is 2.50. The maximum absolute atomic E-state index is 12.1. The molecule has 0 atom stereocenters. The topological polar surface area (TPSA) is 58.2 Å². The lowest BCUT2D eigenvalue weighted by Gasteiger charge is -2.19. The molecule has 0 aliphatic rings. The van der Waals surface area contributed by atoms with Crippen LogP contribution in [-0.2, 0) is 5.41 Å². The number of imide groups is 1. The number of hydrogen-bond acceptors (Lipinski definition) is 2. The van der Waals surface area contributed by atoms with Gasteiger partial charge in [-0.3, -0.25) is 10.1 Å². The first-order valence-corrected chi connectivity index (χ1v) is 8.10. The van der Waals surface area contributed by atoms with E-state index in [0.717, 1.165) is 5.56 Å². The Kier molecular flexibility index (Phi) is 5.52. The minimum atomic E-state index is -0.677. The van der Waals surface area contributed by atoms with E-state index in [1.807, 2.05) is 12.1 Å². The number of halogens is 2. The van der Waals surface area contributed by atoms with Gasteiger partial charge in [-0.2, -0.15) is 0 Å². The van der Waals surface area contributed by atoms with Crippen molar-refractivity contribution in [1.82, 2.24) is 5.32 Å². The molecule has 0 bridgehead atoms. The lowest BCUT2D eigenvalue weighted by Crippen LogP contribution is -2.34. The van der Waals surface area contributed by atoms with Gasteiger partial charge in [0.05, 0.1) is 10.7 Å². The van der Waals surface area contributed by atoms with Crippen molar-refractivity contribution in [3.8, 4) is 0 Å². The molecule has 0 aliphatic carbocycles. The molecule has 0 spiro atoms. The van der Waals surface area contributed by atoms with Crippen LogP contribution < -0.4 is 10.6 Å². The van der Waals surface area contributed by atoms with Crippen molar-refractivity contribution in [3.05, 3.63) is 63.6 Å².